The second kappa shape index (κ2) is 14.8. The van der Waals surface area contributed by atoms with Gasteiger partial charge in [0.25, 0.3) is 5.91 Å². The minimum absolute atomic E-state index is 0.0708. The van der Waals surface area contributed by atoms with Crippen LogP contribution in [0, 0.1) is 34.5 Å². The van der Waals surface area contributed by atoms with Gasteiger partial charge in [-0.25, -0.2) is 4.79 Å². The van der Waals surface area contributed by atoms with E-state index in [9.17, 15) is 28.8 Å². The number of hydrogen-bond acceptors (Lipinski definition) is 6. The molecule has 12 nitrogen and oxygen atoms in total. The molecule has 1 heterocycles. The lowest BCUT2D eigenvalue weighted by Gasteiger charge is -2.39. The summed E-state index contributed by atoms with van der Waals surface area (Å²) in [4.78, 5) is 83.1. The van der Waals surface area contributed by atoms with Gasteiger partial charge in [-0.15, -0.1) is 6.58 Å². The highest BCUT2D eigenvalue weighted by atomic mass is 16.2. The number of fused-ring (bicyclic) bond motifs is 1. The summed E-state index contributed by atoms with van der Waals surface area (Å²) < 4.78 is 0. The van der Waals surface area contributed by atoms with Gasteiger partial charge in [0, 0.05) is 18.6 Å². The number of hydrogen-bond donors (Lipinski definition) is 5. The highest BCUT2D eigenvalue weighted by Crippen LogP contribution is 2.65. The van der Waals surface area contributed by atoms with Gasteiger partial charge < -0.3 is 31.5 Å². The van der Waals surface area contributed by atoms with Crippen LogP contribution >= 0.6 is 0 Å². The maximum absolute atomic E-state index is 14.6. The van der Waals surface area contributed by atoms with Gasteiger partial charge in [-0.1, -0.05) is 72.8 Å². The summed E-state index contributed by atoms with van der Waals surface area (Å²) in [6.45, 7) is 19.4. The Hall–Kier alpha value is -3.44. The number of nitrogens with one attached hydrogen (secondary N) is 5. The third-order valence-electron chi connectivity index (χ3n) is 10.9. The number of Topliss-reactive ketones (excluding diaryl/α,β-unsaturated/α-hetero) is 1. The van der Waals surface area contributed by atoms with Gasteiger partial charge in [0.15, 0.2) is 0 Å². The van der Waals surface area contributed by atoms with Gasteiger partial charge in [-0.3, -0.25) is 24.0 Å². The predicted octanol–water partition coefficient (Wildman–Crippen LogP) is 3.20. The van der Waals surface area contributed by atoms with Crippen LogP contribution in [0.3, 0.4) is 0 Å². The normalized spacial score (nSPS) is 25.1. The zero-order chi connectivity index (χ0) is 36.5. The number of carbonyl (C=O) groups excluding carboxylic acids is 6. The molecule has 1 aliphatic heterocycles. The Morgan fingerprint density at radius 3 is 2.08 bits per heavy atom. The van der Waals surface area contributed by atoms with Crippen LogP contribution in [-0.2, 0) is 24.0 Å². The summed E-state index contributed by atoms with van der Waals surface area (Å²) >= 11 is 0. The fraction of sp³-hybridized carbons (Fsp3) is 0.784. The average Bonchev–Trinajstić information content (AvgIpc) is 3.86. The molecule has 0 radical (unpaired) electrons. The molecular formula is C37H60N6O6. The van der Waals surface area contributed by atoms with Crippen LogP contribution < -0.4 is 26.6 Å². The molecular weight excluding hydrogens is 624 g/mol. The first-order chi connectivity index (χ1) is 22.8. The summed E-state index contributed by atoms with van der Waals surface area (Å²) in [5, 5.41) is 14.2. The molecule has 49 heavy (non-hydrogen) atoms. The van der Waals surface area contributed by atoms with Crippen molar-refractivity contribution in [2.75, 3.05) is 13.1 Å². The summed E-state index contributed by atoms with van der Waals surface area (Å²) in [7, 11) is 0. The molecule has 0 aromatic heterocycles. The number of rotatable bonds is 13. The van der Waals surface area contributed by atoms with E-state index in [1.54, 1.807) is 4.90 Å². The van der Waals surface area contributed by atoms with Crippen LogP contribution in [0.1, 0.15) is 107 Å². The van der Waals surface area contributed by atoms with Crippen molar-refractivity contribution < 1.29 is 28.8 Å². The lowest BCUT2D eigenvalue weighted by Crippen LogP contribution is -2.63. The minimum atomic E-state index is -0.998. The number of urea groups is 1. The fourth-order valence-electron chi connectivity index (χ4n) is 7.83. The number of nitrogens with zero attached hydrogens (tertiary/aromatic N) is 1. The molecule has 6 atom stereocenters. The molecule has 1 unspecified atom stereocenters. The molecule has 0 aromatic carbocycles. The fourth-order valence-corrected chi connectivity index (χ4v) is 7.83. The van der Waals surface area contributed by atoms with Gasteiger partial charge >= 0.3 is 6.03 Å². The third kappa shape index (κ3) is 9.42. The summed E-state index contributed by atoms with van der Waals surface area (Å²) in [5.41, 5.74) is -1.42. The lowest BCUT2D eigenvalue weighted by molar-refractivity contribution is -0.147. The first kappa shape index (κ1) is 38.4. The number of carbonyl (C=O) groups is 6. The monoisotopic (exact) mass is 684 g/mol. The van der Waals surface area contributed by atoms with E-state index in [1.807, 2.05) is 41.5 Å². The Bertz CT molecular complexity index is 1300. The van der Waals surface area contributed by atoms with E-state index in [4.69, 9.17) is 0 Å². The Labute approximate surface area is 292 Å². The third-order valence-corrected chi connectivity index (χ3v) is 10.9. The van der Waals surface area contributed by atoms with E-state index in [0.717, 1.165) is 44.9 Å². The van der Waals surface area contributed by atoms with Crippen molar-refractivity contribution in [3.05, 3.63) is 12.7 Å². The maximum Gasteiger partial charge on any atom is 0.315 e. The Kier molecular flexibility index (Phi) is 11.6. The summed E-state index contributed by atoms with van der Waals surface area (Å²) in [6.07, 6.45) is 8.29. The van der Waals surface area contributed by atoms with Crippen LogP contribution in [0.2, 0.25) is 0 Å². The van der Waals surface area contributed by atoms with Gasteiger partial charge in [0.2, 0.25) is 23.5 Å². The molecule has 274 valence electrons. The van der Waals surface area contributed by atoms with Crippen molar-refractivity contribution in [3.8, 4) is 0 Å². The topological polar surface area (TPSA) is 166 Å². The molecule has 4 fully saturated rings. The molecule has 3 aliphatic carbocycles. The molecule has 1 saturated heterocycles. The minimum Gasteiger partial charge on any atom is -0.346 e. The van der Waals surface area contributed by atoms with Crippen LogP contribution in [-0.4, -0.2) is 83.1 Å². The van der Waals surface area contributed by atoms with E-state index in [1.165, 1.54) is 6.08 Å². The van der Waals surface area contributed by atoms with E-state index < -0.39 is 64.7 Å². The molecule has 6 amide bonds. The summed E-state index contributed by atoms with van der Waals surface area (Å²) in [5.74, 6) is -2.60. The number of amides is 6. The number of ketones is 1. The van der Waals surface area contributed by atoms with Gasteiger partial charge in [-0.2, -0.15) is 0 Å². The highest BCUT2D eigenvalue weighted by Gasteiger charge is 2.70. The van der Waals surface area contributed by atoms with E-state index in [0.29, 0.717) is 13.0 Å². The maximum atomic E-state index is 14.6. The molecule has 4 aliphatic rings. The molecule has 0 spiro atoms. The van der Waals surface area contributed by atoms with Crippen LogP contribution in [0.25, 0.3) is 0 Å². The lowest BCUT2D eigenvalue weighted by atomic mass is 9.82. The number of likely N-dealkylation sites (tertiary alicyclic amines) is 1. The molecule has 5 N–H and O–H groups in total. The van der Waals surface area contributed by atoms with E-state index in [2.05, 4.69) is 47.0 Å². The van der Waals surface area contributed by atoms with E-state index >= 15 is 0 Å². The highest BCUT2D eigenvalue weighted by molar-refractivity contribution is 6.38. The first-order valence-corrected chi connectivity index (χ1v) is 18.2. The Morgan fingerprint density at radius 1 is 0.898 bits per heavy atom. The van der Waals surface area contributed by atoms with Crippen LogP contribution in [0.5, 0.6) is 0 Å². The van der Waals surface area contributed by atoms with Crippen molar-refractivity contribution in [2.45, 2.75) is 136 Å². The standard InChI is InChI=1S/C37H60N6O6/c1-10-18-38-32(47)28(44)24(19-21-16-17-21)39-31(46)27-25-23(37(25,8)9)20-43(27)33(48)29(35(2,3)4)41-30(45)26(22-14-12-11-13-15-22)40-34(49)42-36(5,6)7/h10,21-27,29H,1,11-20H2,2-9H3,(H,38,47)(H,39,46)(H,41,45)(H2,40,42,49)/t23-,24?,25-,26-,27-,29+/m0/s1. The molecule has 3 saturated carbocycles. The Balaban J connectivity index is 1.56. The first-order valence-electron chi connectivity index (χ1n) is 18.2. The average molecular weight is 685 g/mol. The SMILES string of the molecule is C=CCNC(=O)C(=O)C(CC1CC1)NC(=O)[C@@H]1[C@@H]2[C@H](CN1C(=O)[C@@H](NC(=O)[C@@H](NC(=O)NC(C)(C)C)C1CCCCC1)C(C)(C)C)C2(C)C. The van der Waals surface area contributed by atoms with Gasteiger partial charge in [-0.05, 0) is 74.5 Å². The smallest absolute Gasteiger partial charge is 0.315 e. The second-order valence-electron chi connectivity index (χ2n) is 17.5. The van der Waals surface area contributed by atoms with Crippen molar-refractivity contribution in [2.24, 2.45) is 34.5 Å². The zero-order valence-electron chi connectivity index (χ0n) is 30.9. The summed E-state index contributed by atoms with van der Waals surface area (Å²) in [6, 6.07) is -4.11. The molecule has 0 bridgehead atoms. The van der Waals surface area contributed by atoms with Crippen molar-refractivity contribution in [3.63, 3.8) is 0 Å². The molecule has 4 rings (SSSR count). The van der Waals surface area contributed by atoms with Crippen LogP contribution in [0.4, 0.5) is 4.79 Å². The van der Waals surface area contributed by atoms with Gasteiger partial charge in [0.05, 0.1) is 6.04 Å². The predicted molar refractivity (Wildman–Crippen MR) is 187 cm³/mol. The molecule has 12 heteroatoms. The second-order valence-corrected chi connectivity index (χ2v) is 17.5. The van der Waals surface area contributed by atoms with E-state index in [-0.39, 0.29) is 41.5 Å². The van der Waals surface area contributed by atoms with Crippen molar-refractivity contribution >= 4 is 35.4 Å². The van der Waals surface area contributed by atoms with Crippen molar-refractivity contribution in [1.29, 1.82) is 0 Å². The zero-order valence-corrected chi connectivity index (χ0v) is 30.9. The van der Waals surface area contributed by atoms with Crippen molar-refractivity contribution in [1.82, 2.24) is 31.5 Å². The quantitative estimate of drug-likeness (QED) is 0.148. The number of piperidine rings is 1. The van der Waals surface area contributed by atoms with Gasteiger partial charge in [0.1, 0.15) is 18.1 Å². The Morgan fingerprint density at radius 2 is 1.53 bits per heavy atom. The largest absolute Gasteiger partial charge is 0.346 e. The molecule has 0 aromatic rings. The van der Waals surface area contributed by atoms with Crippen LogP contribution in [0.15, 0.2) is 12.7 Å².